The molecule has 0 saturated carbocycles. The maximum Gasteiger partial charge on any atom is 0.305 e. The molecule has 1 saturated heterocycles. The standard InChI is InChI=1S/C10H19NO2/c1-3-13-10(12)5-4-9-6-8(2)7-11-9/h8-9,11H,3-7H2,1-2H3/t8-,9?/m0/s1. The zero-order chi connectivity index (χ0) is 9.68. The summed E-state index contributed by atoms with van der Waals surface area (Å²) in [5.74, 6) is 0.691. The number of carbonyl (C=O) groups excluding carboxylic acids is 1. The second-order valence-electron chi connectivity index (χ2n) is 3.79. The molecule has 1 rings (SSSR count). The monoisotopic (exact) mass is 185 g/mol. The van der Waals surface area contributed by atoms with E-state index in [4.69, 9.17) is 4.74 Å². The molecule has 0 aliphatic carbocycles. The summed E-state index contributed by atoms with van der Waals surface area (Å²) in [6.45, 7) is 5.66. The summed E-state index contributed by atoms with van der Waals surface area (Å²) in [5.41, 5.74) is 0. The van der Waals surface area contributed by atoms with Crippen molar-refractivity contribution in [2.24, 2.45) is 5.92 Å². The molecule has 0 radical (unpaired) electrons. The van der Waals surface area contributed by atoms with Crippen LogP contribution in [0.3, 0.4) is 0 Å². The molecule has 3 nitrogen and oxygen atoms in total. The van der Waals surface area contributed by atoms with Gasteiger partial charge in [0.15, 0.2) is 0 Å². The van der Waals surface area contributed by atoms with Crippen LogP contribution < -0.4 is 5.32 Å². The topological polar surface area (TPSA) is 38.3 Å². The normalized spacial score (nSPS) is 27.5. The predicted octanol–water partition coefficient (Wildman–Crippen LogP) is 1.33. The van der Waals surface area contributed by atoms with E-state index in [0.29, 0.717) is 19.1 Å². The van der Waals surface area contributed by atoms with E-state index < -0.39 is 0 Å². The van der Waals surface area contributed by atoms with Gasteiger partial charge in [0.25, 0.3) is 0 Å². The zero-order valence-corrected chi connectivity index (χ0v) is 8.51. The Bertz CT molecular complexity index is 170. The van der Waals surface area contributed by atoms with Crippen LogP contribution in [0.2, 0.25) is 0 Å². The Labute approximate surface area is 79.8 Å². The van der Waals surface area contributed by atoms with Crippen LogP contribution in [0.25, 0.3) is 0 Å². The first-order valence-corrected chi connectivity index (χ1v) is 5.11. The minimum Gasteiger partial charge on any atom is -0.466 e. The maximum atomic E-state index is 11.0. The second-order valence-corrected chi connectivity index (χ2v) is 3.79. The SMILES string of the molecule is CCOC(=O)CCC1C[C@H](C)CN1. The van der Waals surface area contributed by atoms with Gasteiger partial charge in [0, 0.05) is 12.5 Å². The van der Waals surface area contributed by atoms with Crippen LogP contribution >= 0.6 is 0 Å². The first-order valence-electron chi connectivity index (χ1n) is 5.11. The highest BCUT2D eigenvalue weighted by atomic mass is 16.5. The molecule has 1 aliphatic heterocycles. The molecule has 0 bridgehead atoms. The third-order valence-electron chi connectivity index (χ3n) is 2.44. The quantitative estimate of drug-likeness (QED) is 0.671. The molecule has 0 amide bonds. The van der Waals surface area contributed by atoms with Gasteiger partial charge in [-0.05, 0) is 32.2 Å². The highest BCUT2D eigenvalue weighted by molar-refractivity contribution is 5.69. The van der Waals surface area contributed by atoms with Crippen molar-refractivity contribution in [1.29, 1.82) is 0 Å². The van der Waals surface area contributed by atoms with E-state index in [1.165, 1.54) is 6.42 Å². The van der Waals surface area contributed by atoms with Crippen molar-refractivity contribution in [1.82, 2.24) is 5.32 Å². The Hall–Kier alpha value is -0.570. The molecule has 0 spiro atoms. The lowest BCUT2D eigenvalue weighted by atomic mass is 10.0. The second kappa shape index (κ2) is 5.22. The van der Waals surface area contributed by atoms with E-state index in [1.54, 1.807) is 0 Å². The Kier molecular flexibility index (Phi) is 4.22. The van der Waals surface area contributed by atoms with Gasteiger partial charge in [0.2, 0.25) is 0 Å². The fourth-order valence-electron chi connectivity index (χ4n) is 1.77. The predicted molar refractivity (Wildman–Crippen MR) is 51.4 cm³/mol. The van der Waals surface area contributed by atoms with Crippen molar-refractivity contribution in [2.45, 2.75) is 39.2 Å². The van der Waals surface area contributed by atoms with Crippen LogP contribution in [-0.4, -0.2) is 25.2 Å². The molecule has 1 aliphatic rings. The van der Waals surface area contributed by atoms with Gasteiger partial charge in [-0.25, -0.2) is 0 Å². The molecular weight excluding hydrogens is 166 g/mol. The van der Waals surface area contributed by atoms with Crippen molar-refractivity contribution in [3.05, 3.63) is 0 Å². The molecule has 1 fully saturated rings. The third kappa shape index (κ3) is 3.77. The minimum absolute atomic E-state index is 0.0659. The number of esters is 1. The number of hydrogen-bond donors (Lipinski definition) is 1. The highest BCUT2D eigenvalue weighted by Gasteiger charge is 2.20. The lowest BCUT2D eigenvalue weighted by Gasteiger charge is -2.08. The Morgan fingerprint density at radius 2 is 2.38 bits per heavy atom. The Balaban J connectivity index is 2.09. The lowest BCUT2D eigenvalue weighted by Crippen LogP contribution is -2.22. The first kappa shape index (κ1) is 10.5. The van der Waals surface area contributed by atoms with Crippen molar-refractivity contribution >= 4 is 5.97 Å². The summed E-state index contributed by atoms with van der Waals surface area (Å²) in [4.78, 5) is 11.0. The van der Waals surface area contributed by atoms with E-state index in [1.807, 2.05) is 6.92 Å². The van der Waals surface area contributed by atoms with Crippen LogP contribution in [0.5, 0.6) is 0 Å². The van der Waals surface area contributed by atoms with Gasteiger partial charge in [0.05, 0.1) is 6.61 Å². The molecule has 76 valence electrons. The van der Waals surface area contributed by atoms with E-state index in [-0.39, 0.29) is 5.97 Å². The minimum atomic E-state index is -0.0659. The molecular formula is C10H19NO2. The van der Waals surface area contributed by atoms with Crippen molar-refractivity contribution in [3.8, 4) is 0 Å². The van der Waals surface area contributed by atoms with Crippen LogP contribution in [0.1, 0.15) is 33.1 Å². The maximum absolute atomic E-state index is 11.0. The van der Waals surface area contributed by atoms with Gasteiger partial charge >= 0.3 is 5.97 Å². The van der Waals surface area contributed by atoms with Gasteiger partial charge in [-0.3, -0.25) is 4.79 Å². The molecule has 0 aromatic rings. The fourth-order valence-corrected chi connectivity index (χ4v) is 1.77. The number of carbonyl (C=O) groups is 1. The summed E-state index contributed by atoms with van der Waals surface area (Å²) in [7, 11) is 0. The summed E-state index contributed by atoms with van der Waals surface area (Å²) in [5, 5.41) is 3.40. The fraction of sp³-hybridized carbons (Fsp3) is 0.900. The van der Waals surface area contributed by atoms with Gasteiger partial charge in [-0.15, -0.1) is 0 Å². The van der Waals surface area contributed by atoms with Crippen LogP contribution in [-0.2, 0) is 9.53 Å². The van der Waals surface area contributed by atoms with E-state index >= 15 is 0 Å². The van der Waals surface area contributed by atoms with Gasteiger partial charge in [0.1, 0.15) is 0 Å². The molecule has 0 aromatic carbocycles. The van der Waals surface area contributed by atoms with Crippen LogP contribution in [0.4, 0.5) is 0 Å². The first-order chi connectivity index (χ1) is 6.22. The smallest absolute Gasteiger partial charge is 0.305 e. The third-order valence-corrected chi connectivity index (χ3v) is 2.44. The largest absolute Gasteiger partial charge is 0.466 e. The van der Waals surface area contributed by atoms with Crippen molar-refractivity contribution < 1.29 is 9.53 Å². The molecule has 1 heterocycles. The van der Waals surface area contributed by atoms with Gasteiger partial charge in [-0.1, -0.05) is 6.92 Å². The van der Waals surface area contributed by atoms with Crippen LogP contribution in [0.15, 0.2) is 0 Å². The summed E-state index contributed by atoms with van der Waals surface area (Å²) < 4.78 is 4.86. The number of ether oxygens (including phenoxy) is 1. The van der Waals surface area contributed by atoms with Gasteiger partial charge in [-0.2, -0.15) is 0 Å². The average molecular weight is 185 g/mol. The van der Waals surface area contributed by atoms with Crippen LogP contribution in [0, 0.1) is 5.92 Å². The molecule has 0 aromatic heterocycles. The van der Waals surface area contributed by atoms with E-state index in [2.05, 4.69) is 12.2 Å². The molecule has 13 heavy (non-hydrogen) atoms. The number of hydrogen-bond acceptors (Lipinski definition) is 3. The van der Waals surface area contributed by atoms with E-state index in [0.717, 1.165) is 18.9 Å². The highest BCUT2D eigenvalue weighted by Crippen LogP contribution is 2.16. The summed E-state index contributed by atoms with van der Waals surface area (Å²) in [6, 6.07) is 0.527. The summed E-state index contributed by atoms with van der Waals surface area (Å²) in [6.07, 6.45) is 2.67. The Morgan fingerprint density at radius 1 is 1.62 bits per heavy atom. The van der Waals surface area contributed by atoms with Gasteiger partial charge < -0.3 is 10.1 Å². The lowest BCUT2D eigenvalue weighted by molar-refractivity contribution is -0.143. The Morgan fingerprint density at radius 3 is 2.92 bits per heavy atom. The molecule has 3 heteroatoms. The number of rotatable bonds is 4. The average Bonchev–Trinajstić information content (AvgIpc) is 2.49. The van der Waals surface area contributed by atoms with Crippen molar-refractivity contribution in [3.63, 3.8) is 0 Å². The molecule has 1 unspecified atom stereocenters. The molecule has 1 N–H and O–H groups in total. The zero-order valence-electron chi connectivity index (χ0n) is 8.51. The number of nitrogens with one attached hydrogen (secondary N) is 1. The van der Waals surface area contributed by atoms with Crippen molar-refractivity contribution in [2.75, 3.05) is 13.2 Å². The summed E-state index contributed by atoms with van der Waals surface area (Å²) >= 11 is 0. The van der Waals surface area contributed by atoms with E-state index in [9.17, 15) is 4.79 Å². The molecule has 2 atom stereocenters.